The van der Waals surface area contributed by atoms with Crippen LogP contribution in [0.4, 0.5) is 19.0 Å². The van der Waals surface area contributed by atoms with Crippen LogP contribution in [0.5, 0.6) is 0 Å². The minimum Gasteiger partial charge on any atom is -0.368 e. The van der Waals surface area contributed by atoms with Crippen molar-refractivity contribution in [3.8, 4) is 5.82 Å². The van der Waals surface area contributed by atoms with Crippen molar-refractivity contribution in [1.82, 2.24) is 24.9 Å². The molecule has 2 aromatic heterocycles. The third-order valence-corrected chi connectivity index (χ3v) is 3.95. The zero-order valence-corrected chi connectivity index (χ0v) is 13.3. The van der Waals surface area contributed by atoms with E-state index in [4.69, 9.17) is 0 Å². The maximum atomic E-state index is 12.4. The summed E-state index contributed by atoms with van der Waals surface area (Å²) < 4.78 is 38.8. The number of hydrogen-bond donors (Lipinski definition) is 1. The molecule has 1 aliphatic rings. The van der Waals surface area contributed by atoms with Crippen LogP contribution in [0.15, 0.2) is 24.4 Å². The van der Waals surface area contributed by atoms with E-state index >= 15 is 0 Å². The van der Waals surface area contributed by atoms with Crippen molar-refractivity contribution < 1.29 is 13.2 Å². The lowest BCUT2D eigenvalue weighted by Crippen LogP contribution is -2.33. The number of aryl methyl sites for hydroxylation is 1. The van der Waals surface area contributed by atoms with Gasteiger partial charge in [0.25, 0.3) is 0 Å². The van der Waals surface area contributed by atoms with Gasteiger partial charge in [-0.2, -0.15) is 18.3 Å². The molecule has 0 radical (unpaired) electrons. The summed E-state index contributed by atoms with van der Waals surface area (Å²) in [6.45, 7) is 2.58. The van der Waals surface area contributed by atoms with Crippen molar-refractivity contribution in [2.75, 3.05) is 31.5 Å². The van der Waals surface area contributed by atoms with E-state index in [0.717, 1.165) is 12.1 Å². The van der Waals surface area contributed by atoms with E-state index in [1.54, 1.807) is 23.0 Å². The molecule has 1 fully saturated rings. The highest BCUT2D eigenvalue weighted by Crippen LogP contribution is 2.23. The van der Waals surface area contributed by atoms with Crippen LogP contribution in [0.2, 0.25) is 0 Å². The van der Waals surface area contributed by atoms with Crippen molar-refractivity contribution in [3.63, 3.8) is 0 Å². The first-order valence-electron chi connectivity index (χ1n) is 7.78. The summed E-state index contributed by atoms with van der Waals surface area (Å²) >= 11 is 0. The standard InChI is InChI=1S/C15H19F3N6/c1-11-4-7-24(22-11)14-3-2-13(20-21-14)19-8-12-5-6-23(9-12)10-15(16,17)18/h2-4,7,12H,5-6,8-10H2,1H3,(H,19,20)/t12-/m1/s1. The molecule has 3 heterocycles. The third kappa shape index (κ3) is 4.44. The summed E-state index contributed by atoms with van der Waals surface area (Å²) in [5, 5.41) is 15.6. The molecule has 6 nitrogen and oxygen atoms in total. The minimum absolute atomic E-state index is 0.183. The molecule has 9 heteroatoms. The normalized spacial score (nSPS) is 18.9. The van der Waals surface area contributed by atoms with Crippen LogP contribution in [0.25, 0.3) is 5.82 Å². The first kappa shape index (κ1) is 16.7. The maximum absolute atomic E-state index is 12.4. The molecule has 3 rings (SSSR count). The molecule has 0 saturated carbocycles. The summed E-state index contributed by atoms with van der Waals surface area (Å²) in [7, 11) is 0. The molecule has 1 N–H and O–H groups in total. The van der Waals surface area contributed by atoms with Gasteiger partial charge < -0.3 is 5.32 Å². The molecule has 130 valence electrons. The average molecular weight is 340 g/mol. The number of aromatic nitrogens is 4. The fourth-order valence-corrected chi connectivity index (χ4v) is 2.81. The first-order chi connectivity index (χ1) is 11.4. The van der Waals surface area contributed by atoms with E-state index in [1.807, 2.05) is 13.0 Å². The second kappa shape index (κ2) is 6.76. The highest BCUT2D eigenvalue weighted by molar-refractivity contribution is 5.36. The lowest BCUT2D eigenvalue weighted by Gasteiger charge is -2.18. The monoisotopic (exact) mass is 340 g/mol. The second-order valence-corrected chi connectivity index (χ2v) is 6.06. The molecule has 2 aromatic rings. The molecule has 1 saturated heterocycles. The quantitative estimate of drug-likeness (QED) is 0.905. The number of nitrogens with zero attached hydrogens (tertiary/aromatic N) is 5. The van der Waals surface area contributed by atoms with Crippen LogP contribution >= 0.6 is 0 Å². The number of anilines is 1. The van der Waals surface area contributed by atoms with Crippen LogP contribution in [-0.2, 0) is 0 Å². The molecule has 0 aromatic carbocycles. The Kier molecular flexibility index (Phi) is 4.70. The molecular formula is C15H19F3N6. The topological polar surface area (TPSA) is 58.9 Å². The summed E-state index contributed by atoms with van der Waals surface area (Å²) in [5.74, 6) is 1.41. The van der Waals surface area contributed by atoms with Gasteiger partial charge in [-0.25, -0.2) is 4.68 Å². The molecule has 0 amide bonds. The Balaban J connectivity index is 1.49. The Hall–Kier alpha value is -2.16. The van der Waals surface area contributed by atoms with Gasteiger partial charge in [-0.15, -0.1) is 10.2 Å². The molecular weight excluding hydrogens is 321 g/mol. The zero-order chi connectivity index (χ0) is 17.2. The Bertz CT molecular complexity index is 667. The lowest BCUT2D eigenvalue weighted by molar-refractivity contribution is -0.143. The van der Waals surface area contributed by atoms with Crippen LogP contribution in [-0.4, -0.2) is 57.2 Å². The molecule has 1 atom stereocenters. The van der Waals surface area contributed by atoms with Gasteiger partial charge in [0.2, 0.25) is 0 Å². The van der Waals surface area contributed by atoms with Crippen LogP contribution in [0, 0.1) is 12.8 Å². The van der Waals surface area contributed by atoms with Gasteiger partial charge in [-0.3, -0.25) is 4.90 Å². The second-order valence-electron chi connectivity index (χ2n) is 6.06. The molecule has 0 unspecified atom stereocenters. The molecule has 0 bridgehead atoms. The van der Waals surface area contributed by atoms with E-state index in [9.17, 15) is 13.2 Å². The SMILES string of the molecule is Cc1ccn(-c2ccc(NC[C@H]3CCN(CC(F)(F)F)C3)nn2)n1. The van der Waals surface area contributed by atoms with E-state index in [1.165, 1.54) is 4.90 Å². The fourth-order valence-electron chi connectivity index (χ4n) is 2.81. The highest BCUT2D eigenvalue weighted by atomic mass is 19.4. The average Bonchev–Trinajstić information content (AvgIpc) is 3.13. The summed E-state index contributed by atoms with van der Waals surface area (Å²) in [6.07, 6.45) is -1.57. The van der Waals surface area contributed by atoms with Crippen LogP contribution < -0.4 is 5.32 Å². The summed E-state index contributed by atoms with van der Waals surface area (Å²) in [4.78, 5) is 1.45. The van der Waals surface area contributed by atoms with Gasteiger partial charge >= 0.3 is 6.18 Å². The minimum atomic E-state index is -4.13. The Morgan fingerprint density at radius 3 is 2.71 bits per heavy atom. The number of nitrogens with one attached hydrogen (secondary N) is 1. The van der Waals surface area contributed by atoms with Gasteiger partial charge in [-0.05, 0) is 44.0 Å². The Morgan fingerprint density at radius 1 is 1.25 bits per heavy atom. The highest BCUT2D eigenvalue weighted by Gasteiger charge is 2.34. The predicted molar refractivity (Wildman–Crippen MR) is 83.0 cm³/mol. The number of alkyl halides is 3. The smallest absolute Gasteiger partial charge is 0.368 e. The summed E-state index contributed by atoms with van der Waals surface area (Å²) in [5.41, 5.74) is 0.892. The van der Waals surface area contributed by atoms with Crippen molar-refractivity contribution in [1.29, 1.82) is 0 Å². The van der Waals surface area contributed by atoms with Gasteiger partial charge in [0, 0.05) is 19.3 Å². The van der Waals surface area contributed by atoms with Crippen molar-refractivity contribution in [2.24, 2.45) is 5.92 Å². The molecule has 24 heavy (non-hydrogen) atoms. The van der Waals surface area contributed by atoms with Crippen LogP contribution in [0.3, 0.4) is 0 Å². The van der Waals surface area contributed by atoms with E-state index in [2.05, 4.69) is 20.6 Å². The van der Waals surface area contributed by atoms with Crippen LogP contribution in [0.1, 0.15) is 12.1 Å². The van der Waals surface area contributed by atoms with E-state index < -0.39 is 12.7 Å². The van der Waals surface area contributed by atoms with Crippen molar-refractivity contribution >= 4 is 5.82 Å². The van der Waals surface area contributed by atoms with Gasteiger partial charge in [0.15, 0.2) is 5.82 Å². The fraction of sp³-hybridized carbons (Fsp3) is 0.533. The number of hydrogen-bond acceptors (Lipinski definition) is 5. The number of rotatable bonds is 5. The van der Waals surface area contributed by atoms with Crippen molar-refractivity contribution in [2.45, 2.75) is 19.5 Å². The number of likely N-dealkylation sites (tertiary alicyclic amines) is 1. The number of halogens is 3. The van der Waals surface area contributed by atoms with E-state index in [0.29, 0.717) is 31.3 Å². The lowest BCUT2D eigenvalue weighted by atomic mass is 10.1. The zero-order valence-electron chi connectivity index (χ0n) is 13.3. The van der Waals surface area contributed by atoms with Crippen molar-refractivity contribution in [3.05, 3.63) is 30.1 Å². The predicted octanol–water partition coefficient (Wildman–Crippen LogP) is 2.27. The molecule has 1 aliphatic heterocycles. The largest absolute Gasteiger partial charge is 0.401 e. The Labute approximate surface area is 137 Å². The van der Waals surface area contributed by atoms with Gasteiger partial charge in [-0.1, -0.05) is 0 Å². The third-order valence-electron chi connectivity index (χ3n) is 3.95. The van der Waals surface area contributed by atoms with Gasteiger partial charge in [0.1, 0.15) is 5.82 Å². The molecule has 0 aliphatic carbocycles. The maximum Gasteiger partial charge on any atom is 0.401 e. The summed E-state index contributed by atoms with van der Waals surface area (Å²) in [6, 6.07) is 5.47. The Morgan fingerprint density at radius 2 is 2.08 bits per heavy atom. The molecule has 0 spiro atoms. The van der Waals surface area contributed by atoms with Gasteiger partial charge in [0.05, 0.1) is 12.2 Å². The first-order valence-corrected chi connectivity index (χ1v) is 7.78. The van der Waals surface area contributed by atoms with E-state index in [-0.39, 0.29) is 5.92 Å².